The summed E-state index contributed by atoms with van der Waals surface area (Å²) >= 11 is 8.09. The van der Waals surface area contributed by atoms with E-state index < -0.39 is 57.8 Å². The molecule has 3 aliphatic heterocycles. The Labute approximate surface area is 280 Å². The highest BCUT2D eigenvalue weighted by molar-refractivity contribution is 8.01. The number of thioether (sulfide) groups is 2. The molecule has 2 aromatic rings. The van der Waals surface area contributed by atoms with E-state index in [0.29, 0.717) is 17.7 Å². The molecule has 0 saturated carbocycles. The van der Waals surface area contributed by atoms with Crippen LogP contribution in [0.5, 0.6) is 0 Å². The number of likely N-dealkylation sites (N-methyl/N-ethyl adjacent to an activating group) is 1. The molecule has 1 aromatic heterocycles. The van der Waals surface area contributed by atoms with Gasteiger partial charge >= 0.3 is 34.9 Å². The maximum Gasteiger partial charge on any atom is 0.352 e. The van der Waals surface area contributed by atoms with Crippen LogP contribution < -0.4 is 21.8 Å². The first-order valence-corrected chi connectivity index (χ1v) is 16.7. The van der Waals surface area contributed by atoms with Gasteiger partial charge in [0.15, 0.2) is 5.16 Å². The number of carboxylic acids is 1. The lowest BCUT2D eigenvalue weighted by atomic mass is 9.88. The third-order valence-corrected chi connectivity index (χ3v) is 11.1. The zero-order valence-electron chi connectivity index (χ0n) is 25.3. The molecule has 3 atom stereocenters. The summed E-state index contributed by atoms with van der Waals surface area (Å²) in [6.45, 7) is 3.83. The van der Waals surface area contributed by atoms with Crippen molar-refractivity contribution in [1.29, 1.82) is 0 Å². The highest BCUT2D eigenvalue weighted by Crippen LogP contribution is 2.47. The number of thiocarbonyl (C=S) groups is 1. The Morgan fingerprint density at radius 2 is 1.87 bits per heavy atom. The Hall–Kier alpha value is -4.49. The van der Waals surface area contributed by atoms with Crippen LogP contribution in [0.25, 0.3) is 0 Å². The number of carbonyl (C=O) groups excluding carboxylic acids is 4. The van der Waals surface area contributed by atoms with Crippen molar-refractivity contribution in [3.63, 3.8) is 0 Å². The number of H-pyrrole nitrogens is 1. The van der Waals surface area contributed by atoms with Gasteiger partial charge in [-0.3, -0.25) is 38.7 Å². The van der Waals surface area contributed by atoms with Crippen molar-refractivity contribution >= 4 is 70.5 Å². The van der Waals surface area contributed by atoms with Gasteiger partial charge in [-0.2, -0.15) is 4.98 Å². The van der Waals surface area contributed by atoms with Crippen LogP contribution in [-0.4, -0.2) is 111 Å². The molecule has 0 aliphatic carbocycles. The van der Waals surface area contributed by atoms with Gasteiger partial charge in [0.25, 0.3) is 0 Å². The number of carbonyl (C=O) groups is 5. The molecule has 4 heterocycles. The van der Waals surface area contributed by atoms with Crippen molar-refractivity contribution in [2.24, 2.45) is 7.05 Å². The second-order valence-corrected chi connectivity index (χ2v) is 13.3. The molecule has 5 amide bonds. The van der Waals surface area contributed by atoms with Crippen molar-refractivity contribution in [3.8, 4) is 0 Å². The minimum atomic E-state index is -1.28. The summed E-state index contributed by atoms with van der Waals surface area (Å²) in [7, 11) is 1.50. The molecule has 19 heteroatoms. The number of aliphatic carboxylic acids is 1. The summed E-state index contributed by atoms with van der Waals surface area (Å²) in [6.07, 6.45) is 0. The Morgan fingerprint density at radius 3 is 2.53 bits per heavy atom. The molecule has 0 radical (unpaired) electrons. The quantitative estimate of drug-likeness (QED) is 0.150. The number of carboxylic acid groups (broad SMARTS) is 1. The van der Waals surface area contributed by atoms with Crippen molar-refractivity contribution in [2.75, 3.05) is 31.1 Å². The fourth-order valence-electron chi connectivity index (χ4n) is 5.40. The number of urea groups is 1. The number of benzene rings is 1. The Morgan fingerprint density at radius 1 is 1.17 bits per heavy atom. The number of nitrogens with one attached hydrogen (secondary N) is 3. The first-order valence-electron chi connectivity index (χ1n) is 14.3. The number of aromatic amines is 1. The van der Waals surface area contributed by atoms with E-state index in [9.17, 15) is 38.7 Å². The van der Waals surface area contributed by atoms with E-state index in [1.807, 2.05) is 0 Å². The van der Waals surface area contributed by atoms with Crippen molar-refractivity contribution in [2.45, 2.75) is 36.0 Å². The van der Waals surface area contributed by atoms with Crippen LogP contribution in [0.2, 0.25) is 0 Å². The van der Waals surface area contributed by atoms with E-state index in [-0.39, 0.29) is 40.4 Å². The first kappa shape index (κ1) is 33.9. The summed E-state index contributed by atoms with van der Waals surface area (Å²) in [4.78, 5) is 95.4. The van der Waals surface area contributed by atoms with Crippen molar-refractivity contribution in [1.82, 2.24) is 40.1 Å². The molecule has 0 spiro atoms. The average Bonchev–Trinajstić information content (AvgIpc) is 3.05. The van der Waals surface area contributed by atoms with E-state index in [1.54, 1.807) is 44.2 Å². The third-order valence-electron chi connectivity index (χ3n) is 7.89. The number of amides is 5. The fourth-order valence-corrected chi connectivity index (χ4v) is 8.42. The molecule has 47 heavy (non-hydrogen) atoms. The molecule has 1 aromatic carbocycles. The molecule has 16 nitrogen and oxygen atoms in total. The highest BCUT2D eigenvalue weighted by Gasteiger charge is 2.60. The summed E-state index contributed by atoms with van der Waals surface area (Å²) in [6, 6.07) is 6.13. The summed E-state index contributed by atoms with van der Waals surface area (Å²) in [5.41, 5.74) is -2.20. The van der Waals surface area contributed by atoms with Crippen LogP contribution in [0, 0.1) is 0 Å². The Balaban J connectivity index is 1.34. The third kappa shape index (κ3) is 6.29. The minimum absolute atomic E-state index is 0.0393. The van der Waals surface area contributed by atoms with Gasteiger partial charge in [-0.1, -0.05) is 54.3 Å². The maximum absolute atomic E-state index is 13.9. The number of nitrogens with zero attached hydrogens (tertiary/aromatic N) is 5. The van der Waals surface area contributed by atoms with E-state index in [4.69, 9.17) is 12.2 Å². The number of hydrogen-bond acceptors (Lipinski definition) is 11. The van der Waals surface area contributed by atoms with Crippen LogP contribution in [0.3, 0.4) is 0 Å². The Kier molecular flexibility index (Phi) is 9.60. The van der Waals surface area contributed by atoms with E-state index in [1.165, 1.54) is 33.3 Å². The lowest BCUT2D eigenvalue weighted by Gasteiger charge is -2.58. The molecule has 4 N–H and O–H groups in total. The molecule has 3 aliphatic rings. The molecule has 248 valence electrons. The molecule has 1 unspecified atom stereocenters. The summed E-state index contributed by atoms with van der Waals surface area (Å²) in [5.74, 6) is -3.32. The van der Waals surface area contributed by atoms with Crippen LogP contribution in [0.15, 0.2) is 56.3 Å². The zero-order valence-corrected chi connectivity index (χ0v) is 27.8. The molecular formula is C28H30N8O8S3. The summed E-state index contributed by atoms with van der Waals surface area (Å²) < 4.78 is 1.27. The van der Waals surface area contributed by atoms with E-state index >= 15 is 0 Å². The largest absolute Gasteiger partial charge is 0.477 e. The number of aryl methyl sites for hydroxylation is 1. The van der Waals surface area contributed by atoms with Crippen LogP contribution in [0.4, 0.5) is 4.79 Å². The van der Waals surface area contributed by atoms with Gasteiger partial charge in [-0.15, -0.1) is 11.8 Å². The van der Waals surface area contributed by atoms with Gasteiger partial charge in [0.05, 0.1) is 0 Å². The van der Waals surface area contributed by atoms with Crippen molar-refractivity contribution < 1.29 is 29.1 Å². The molecule has 2 fully saturated rings. The molecule has 2 saturated heterocycles. The molecule has 0 bridgehead atoms. The van der Waals surface area contributed by atoms with Crippen LogP contribution >= 0.6 is 35.7 Å². The van der Waals surface area contributed by atoms with Gasteiger partial charge in [-0.05, 0) is 25.0 Å². The monoisotopic (exact) mass is 702 g/mol. The van der Waals surface area contributed by atoms with Gasteiger partial charge < -0.3 is 25.5 Å². The van der Waals surface area contributed by atoms with Crippen LogP contribution in [0.1, 0.15) is 25.5 Å². The lowest BCUT2D eigenvalue weighted by Crippen LogP contribution is -2.78. The highest BCUT2D eigenvalue weighted by atomic mass is 32.2. The molecule has 5 rings (SSSR count). The van der Waals surface area contributed by atoms with E-state index in [0.717, 1.165) is 16.7 Å². The van der Waals surface area contributed by atoms with Crippen LogP contribution in [-0.2, 0) is 26.2 Å². The molecular weight excluding hydrogens is 673 g/mol. The number of aromatic nitrogens is 3. The second kappa shape index (κ2) is 13.3. The predicted octanol–water partition coefficient (Wildman–Crippen LogP) is -0.368. The smallest absolute Gasteiger partial charge is 0.352 e. The minimum Gasteiger partial charge on any atom is -0.477 e. The maximum atomic E-state index is 13.9. The van der Waals surface area contributed by atoms with Gasteiger partial charge in [-0.25, -0.2) is 9.59 Å². The van der Waals surface area contributed by atoms with Gasteiger partial charge in [0.2, 0.25) is 5.91 Å². The topological polar surface area (TPSA) is 207 Å². The van der Waals surface area contributed by atoms with Gasteiger partial charge in [0, 0.05) is 38.2 Å². The van der Waals surface area contributed by atoms with Gasteiger partial charge in [0.1, 0.15) is 27.6 Å². The number of hydrogen-bond donors (Lipinski definition) is 4. The number of rotatable bonds is 9. The van der Waals surface area contributed by atoms with E-state index in [2.05, 4.69) is 20.7 Å². The fraction of sp³-hybridized carbons (Fsp3) is 0.393. The second-order valence-electron chi connectivity index (χ2n) is 10.9. The number of piperazine rings is 1. The first-order chi connectivity index (χ1) is 22.3. The average molecular weight is 703 g/mol. The summed E-state index contributed by atoms with van der Waals surface area (Å²) in [5, 5.41) is 17.6. The zero-order chi connectivity index (χ0) is 34.2. The number of fused-ring (bicyclic) bond motifs is 1. The SMILES string of the molecule is CCN1CCN(C(=O)NC(C(=O)N[C@]2(C)C(=S)N3C(C(=O)O)=C(CSc4nc(=O)c(=O)[nH]n4C)CS[C@H]32)c2ccccc2)C(=O)C1=O. The standard InChI is InChI=1S/C28H30N8O8S3/c1-4-34-10-11-35(22(41)21(34)40)26(44)29-16(14-8-6-5-7-9-14)18(37)31-28(2)24(45)36-17(23(42)43)15(12-46-25(28)36)13-47-27-30-19(38)20(39)32-33(27)3/h5-9,16,25H,4,10-13H2,1-3H3,(H,29,44)(H,31,37)(H,32,39)(H,42,43)/t16?,25-,28+/m0/s1. The Bertz CT molecular complexity index is 1830. The lowest BCUT2D eigenvalue weighted by molar-refractivity contribution is -0.153. The normalized spacial score (nSPS) is 21.6. The van der Waals surface area contributed by atoms with Crippen molar-refractivity contribution in [3.05, 3.63) is 67.9 Å². The predicted molar refractivity (Wildman–Crippen MR) is 174 cm³/mol. The number of imide groups is 1.